The van der Waals surface area contributed by atoms with Crippen molar-refractivity contribution >= 4 is 47.4 Å². The number of aliphatic hydroxyl groups is 6. The first-order valence-electron chi connectivity index (χ1n) is 16.2. The van der Waals surface area contributed by atoms with Crippen LogP contribution in [0.2, 0.25) is 0 Å². The number of hydrogen-bond acceptors (Lipinski definition) is 31. The lowest BCUT2D eigenvalue weighted by Crippen LogP contribution is -2.67. The zero-order valence-electron chi connectivity index (χ0n) is 29.4. The van der Waals surface area contributed by atoms with Crippen molar-refractivity contribution in [3.05, 3.63) is 0 Å². The molecule has 29 nitrogen and oxygen atoms in total. The van der Waals surface area contributed by atoms with Crippen molar-refractivity contribution in [2.24, 2.45) is 0 Å². The smallest absolute Gasteiger partial charge is 0.388 e. The van der Waals surface area contributed by atoms with E-state index >= 15 is 0 Å². The van der Waals surface area contributed by atoms with Gasteiger partial charge in [0.2, 0.25) is 0 Å². The van der Waals surface area contributed by atoms with Crippen LogP contribution in [0.4, 0.5) is 0 Å². The molecule has 0 aromatic heterocycles. The zero-order chi connectivity index (χ0) is 42.2. The van der Waals surface area contributed by atoms with Gasteiger partial charge in [0.15, 0.2) is 80.4 Å². The van der Waals surface area contributed by atoms with Crippen LogP contribution in [0.1, 0.15) is 57.4 Å². The first kappa shape index (κ1) is 60.9. The fourth-order valence-electron chi connectivity index (χ4n) is 6.05. The van der Waals surface area contributed by atoms with E-state index in [0.717, 1.165) is 0 Å². The van der Waals surface area contributed by atoms with Crippen LogP contribution in [-0.4, -0.2) is 182 Å². The molecule has 0 aromatic rings. The Hall–Kier alpha value is -0.0800. The first-order chi connectivity index (χ1) is 26.9. The van der Waals surface area contributed by atoms with E-state index in [4.69, 9.17) is 65.7 Å². The molecule has 8 unspecified atom stereocenters. The van der Waals surface area contributed by atoms with Gasteiger partial charge in [-0.25, -0.2) is 20.0 Å². The summed E-state index contributed by atoms with van der Waals surface area (Å²) >= 11 is -0.263. The normalized spacial score (nSPS) is 41.7. The monoisotopic (exact) mass is 986 g/mol. The third-order valence-electron chi connectivity index (χ3n) is 8.80. The summed E-state index contributed by atoms with van der Waals surface area (Å²) in [4.78, 5) is 0. The Balaban J connectivity index is 0.00000900. The fourth-order valence-corrected chi connectivity index (χ4v) is 7.60. The van der Waals surface area contributed by atoms with Gasteiger partial charge in [-0.1, -0.05) is 44.8 Å². The van der Waals surface area contributed by atoms with Crippen LogP contribution < -0.4 is 0 Å². The number of aliphatic hydroxyl groups excluding tert-OH is 6. The second-order valence-corrected chi connectivity index (χ2v) is 14.9. The van der Waals surface area contributed by atoms with Crippen molar-refractivity contribution in [1.82, 2.24) is 0 Å². The quantitative estimate of drug-likeness (QED) is 0.0247. The van der Waals surface area contributed by atoms with Gasteiger partial charge >= 0.3 is 10.4 Å². The number of hydrogen-bond donors (Lipinski definition) is 10. The molecule has 61 heavy (non-hydrogen) atoms. The van der Waals surface area contributed by atoms with Crippen LogP contribution in [0.25, 0.3) is 0 Å². The zero-order valence-corrected chi connectivity index (χ0v) is 32.7. The molecule has 0 saturated carbocycles. The molecule has 20 atom stereocenters. The van der Waals surface area contributed by atoms with E-state index in [1.165, 1.54) is 27.7 Å². The van der Waals surface area contributed by atoms with Crippen LogP contribution in [-0.2, 0) is 88.4 Å². The van der Waals surface area contributed by atoms with E-state index < -0.39 is 133 Å². The van der Waals surface area contributed by atoms with Gasteiger partial charge in [-0.05, 0) is 27.7 Å². The van der Waals surface area contributed by atoms with Crippen molar-refractivity contribution in [3.63, 3.8) is 0 Å². The van der Waals surface area contributed by atoms with Gasteiger partial charge in [-0.2, -0.15) is 8.42 Å². The molecule has 4 saturated heterocycles. The maximum Gasteiger partial charge on any atom is 0.397 e. The Kier molecular flexibility index (Phi) is 28.1. The minimum Gasteiger partial charge on any atom is -0.388 e. The van der Waals surface area contributed by atoms with Gasteiger partial charge in [-0.15, -0.1) is 13.0 Å². The second-order valence-electron chi connectivity index (χ2n) is 12.4. The Morgan fingerprint density at radius 1 is 0.443 bits per heavy atom. The lowest BCUT2D eigenvalue weighted by molar-refractivity contribution is -0.436. The van der Waals surface area contributed by atoms with E-state index in [9.17, 15) is 43.6 Å². The molecule has 0 amide bonds. The van der Waals surface area contributed by atoms with Gasteiger partial charge in [0.05, 0.1) is 24.4 Å². The molecular formula is C28H58O29S4. The number of rotatable bonds is 20. The van der Waals surface area contributed by atoms with Crippen LogP contribution in [0.5, 0.6) is 0 Å². The topological polar surface area (TPSA) is 393 Å². The molecule has 33 heteroatoms. The van der Waals surface area contributed by atoms with Crippen molar-refractivity contribution in [1.29, 1.82) is 0 Å². The minimum atomic E-state index is -5.48. The van der Waals surface area contributed by atoms with Gasteiger partial charge in [0, 0.05) is 0 Å². The molecule has 0 bridgehead atoms. The third kappa shape index (κ3) is 16.0. The molecule has 0 radical (unpaired) electrons. The van der Waals surface area contributed by atoms with Crippen molar-refractivity contribution in [2.45, 2.75) is 180 Å². The predicted molar refractivity (Wildman–Crippen MR) is 199 cm³/mol. The molecule has 0 aliphatic carbocycles. The molecular weight excluding hydrogens is 929 g/mol. The third-order valence-corrected chi connectivity index (χ3v) is 10.5. The summed E-state index contributed by atoms with van der Waals surface area (Å²) in [7, 11) is -5.48. The van der Waals surface area contributed by atoms with Crippen LogP contribution in [0, 0.1) is 0 Å². The summed E-state index contributed by atoms with van der Waals surface area (Å²) in [5, 5.41) is 100. The van der Waals surface area contributed by atoms with Crippen molar-refractivity contribution in [3.8, 4) is 0 Å². The highest BCUT2D eigenvalue weighted by molar-refractivity contribution is 7.90. The second kappa shape index (κ2) is 28.2. The molecule has 10 N–H and O–H groups in total. The van der Waals surface area contributed by atoms with E-state index in [1.807, 2.05) is 0 Å². The molecule has 4 aliphatic rings. The molecule has 368 valence electrons. The van der Waals surface area contributed by atoms with Gasteiger partial charge in [0.25, 0.3) is 0 Å². The standard InChI is InChI=1S/C24H42O29S4.4CH4/c1-5-9(25)12(28)13(29)22(38-5)42-16-11(27)7(3)39-23(19(16)45-55-52-49-32)41-14-8(4)40-24(20(46-56-53-50-33)17(14)47-57(34,35)36)43-15-10(26)6(2)37-21(30)18(15)44-54-51-48-31;;;;/h5-33H,1-4H3,(H,34,35,36);4*1H4/t5?,6?,7?,8?,9-,10-,11-,12+,13?,14-,15+,16+,17+,18?,19?,20?,21-,22+,23+,24+;;;;/m1..../s1. The molecule has 4 fully saturated rings. The Morgan fingerprint density at radius 2 is 0.820 bits per heavy atom. The highest BCUT2D eigenvalue weighted by atomic mass is 32.3. The molecule has 4 rings (SSSR count). The Labute approximate surface area is 364 Å². The highest BCUT2D eigenvalue weighted by Gasteiger charge is 2.57. The molecule has 0 spiro atoms. The lowest BCUT2D eigenvalue weighted by Gasteiger charge is -2.49. The van der Waals surface area contributed by atoms with E-state index in [-0.39, 0.29) is 66.7 Å². The molecule has 0 aromatic carbocycles. The average molecular weight is 987 g/mol. The summed E-state index contributed by atoms with van der Waals surface area (Å²) in [5.41, 5.74) is 0. The van der Waals surface area contributed by atoms with Crippen molar-refractivity contribution in [2.75, 3.05) is 0 Å². The lowest BCUT2D eigenvalue weighted by atomic mass is 9.96. The molecule has 4 aliphatic heterocycles. The SMILES string of the molecule is C.C.C.C.CC1O[C@@H](O[C@@H]2C(OSOOO)[C@H](O[C@@H]3C(C)O[C@@H](O[C@@H]4C(OSOOO)[C@H](O)OC(C)[C@H]4O)C(OSOOO)[C@H]3OS(=O)(=O)O)OC(C)[C@H]2O)C(O)[C@@H](O)[C@@H]1O. The Bertz CT molecular complexity index is 1300. The average Bonchev–Trinajstić information content (AvgIpc) is 3.14. The van der Waals surface area contributed by atoms with Crippen molar-refractivity contribution < 1.29 is 137 Å². The van der Waals surface area contributed by atoms with Crippen LogP contribution in [0.3, 0.4) is 0 Å². The van der Waals surface area contributed by atoms with Crippen LogP contribution in [0.15, 0.2) is 0 Å². The summed E-state index contributed by atoms with van der Waals surface area (Å²) in [5.74, 6) is 0. The minimum absolute atomic E-state index is 0. The first-order valence-corrected chi connectivity index (χ1v) is 19.5. The summed E-state index contributed by atoms with van der Waals surface area (Å²) in [6, 6.07) is 0. The summed E-state index contributed by atoms with van der Waals surface area (Å²) in [6.07, 6.45) is -33.6. The van der Waals surface area contributed by atoms with Gasteiger partial charge in [0.1, 0.15) is 54.9 Å². The maximum atomic E-state index is 12.3. The van der Waals surface area contributed by atoms with E-state index in [0.29, 0.717) is 0 Å². The molecule has 4 heterocycles. The fraction of sp³-hybridized carbons (Fsp3) is 1.00. The van der Waals surface area contributed by atoms with Gasteiger partial charge < -0.3 is 63.8 Å². The van der Waals surface area contributed by atoms with E-state index in [1.54, 1.807) is 0 Å². The summed E-state index contributed by atoms with van der Waals surface area (Å²) in [6.45, 7) is 5.26. The van der Waals surface area contributed by atoms with E-state index in [2.05, 4.69) is 28.1 Å². The number of ether oxygens (including phenoxy) is 7. The predicted octanol–water partition coefficient (Wildman–Crippen LogP) is -0.241. The summed E-state index contributed by atoms with van der Waals surface area (Å²) < 4.78 is 109. The Morgan fingerprint density at radius 3 is 1.31 bits per heavy atom. The highest BCUT2D eigenvalue weighted by Crippen LogP contribution is 2.39. The van der Waals surface area contributed by atoms with Crippen LogP contribution >= 0.6 is 37.0 Å². The maximum absolute atomic E-state index is 12.3. The largest absolute Gasteiger partial charge is 0.397 e. The van der Waals surface area contributed by atoms with Gasteiger partial charge in [-0.3, -0.25) is 17.1 Å².